The normalized spacial score (nSPS) is 21.4. The average Bonchev–Trinajstić information content (AvgIpc) is 3.37. The predicted octanol–water partition coefficient (Wildman–Crippen LogP) is 1.18. The van der Waals surface area contributed by atoms with Crippen LogP contribution in [-0.2, 0) is 16.1 Å². The Morgan fingerprint density at radius 1 is 1.33 bits per heavy atom. The summed E-state index contributed by atoms with van der Waals surface area (Å²) in [6, 6.07) is 3.33. The van der Waals surface area contributed by atoms with Crippen molar-refractivity contribution in [2.24, 2.45) is 5.92 Å². The molecule has 130 valence electrons. The van der Waals surface area contributed by atoms with Gasteiger partial charge in [-0.2, -0.15) is 0 Å². The van der Waals surface area contributed by atoms with Crippen LogP contribution in [0.4, 0.5) is 8.78 Å². The molecule has 1 heterocycles. The second-order valence-corrected chi connectivity index (χ2v) is 6.44. The molecule has 7 heteroatoms. The summed E-state index contributed by atoms with van der Waals surface area (Å²) in [6.45, 7) is 1.65. The van der Waals surface area contributed by atoms with Crippen molar-refractivity contribution < 1.29 is 18.4 Å². The highest BCUT2D eigenvalue weighted by molar-refractivity contribution is 5.88. The highest BCUT2D eigenvalue weighted by Gasteiger charge is 2.32. The summed E-state index contributed by atoms with van der Waals surface area (Å²) in [4.78, 5) is 25.9. The molecule has 1 aliphatic heterocycles. The van der Waals surface area contributed by atoms with Crippen molar-refractivity contribution in [2.75, 3.05) is 19.6 Å². The van der Waals surface area contributed by atoms with E-state index in [1.165, 1.54) is 12.1 Å². The fraction of sp³-hybridized carbons (Fsp3) is 0.529. The Morgan fingerprint density at radius 3 is 2.88 bits per heavy atom. The van der Waals surface area contributed by atoms with Crippen LogP contribution in [-0.4, -0.2) is 42.4 Å². The van der Waals surface area contributed by atoms with Crippen molar-refractivity contribution >= 4 is 11.8 Å². The minimum Gasteiger partial charge on any atom is -0.356 e. The summed E-state index contributed by atoms with van der Waals surface area (Å²) >= 11 is 0. The van der Waals surface area contributed by atoms with E-state index in [1.54, 1.807) is 4.90 Å². The molecule has 0 spiro atoms. The highest BCUT2D eigenvalue weighted by Crippen LogP contribution is 2.27. The molecular formula is C17H21F2N3O2. The van der Waals surface area contributed by atoms with Gasteiger partial charge in [0, 0.05) is 31.7 Å². The summed E-state index contributed by atoms with van der Waals surface area (Å²) in [7, 11) is 0. The molecule has 1 saturated heterocycles. The number of hydrogen-bond acceptors (Lipinski definition) is 3. The number of piperazine rings is 1. The van der Waals surface area contributed by atoms with Crippen LogP contribution in [0, 0.1) is 17.6 Å². The van der Waals surface area contributed by atoms with Crippen molar-refractivity contribution in [3.8, 4) is 0 Å². The standard InChI is InChI=1S/C17H21F2N3O2/c18-13-3-1-2-12(16(13)19)10-22-7-6-20-17(24)14(22)8-15(23)21-9-11-4-5-11/h1-3,11,14H,4-10H2,(H,20,24)(H,21,23)/t14-/m1/s1. The lowest BCUT2D eigenvalue weighted by atomic mass is 10.1. The van der Waals surface area contributed by atoms with Crippen LogP contribution < -0.4 is 10.6 Å². The van der Waals surface area contributed by atoms with Gasteiger partial charge in [-0.05, 0) is 24.8 Å². The van der Waals surface area contributed by atoms with Gasteiger partial charge in [0.25, 0.3) is 0 Å². The fourth-order valence-corrected chi connectivity index (χ4v) is 2.89. The number of carbonyl (C=O) groups excluding carboxylic acids is 2. The van der Waals surface area contributed by atoms with Gasteiger partial charge in [-0.25, -0.2) is 8.78 Å². The van der Waals surface area contributed by atoms with Gasteiger partial charge in [0.05, 0.1) is 12.5 Å². The fourth-order valence-electron chi connectivity index (χ4n) is 2.89. The highest BCUT2D eigenvalue weighted by atomic mass is 19.2. The van der Waals surface area contributed by atoms with Gasteiger partial charge in [0.2, 0.25) is 11.8 Å². The number of benzene rings is 1. The molecule has 2 aliphatic rings. The van der Waals surface area contributed by atoms with E-state index in [0.29, 0.717) is 25.6 Å². The molecule has 5 nitrogen and oxygen atoms in total. The van der Waals surface area contributed by atoms with Crippen molar-refractivity contribution in [2.45, 2.75) is 31.8 Å². The summed E-state index contributed by atoms with van der Waals surface area (Å²) < 4.78 is 27.2. The first-order valence-corrected chi connectivity index (χ1v) is 8.26. The molecule has 2 N–H and O–H groups in total. The second kappa shape index (κ2) is 7.25. The molecule has 1 aromatic rings. The van der Waals surface area contributed by atoms with Crippen molar-refractivity contribution in [1.82, 2.24) is 15.5 Å². The van der Waals surface area contributed by atoms with Crippen LogP contribution in [0.1, 0.15) is 24.8 Å². The largest absolute Gasteiger partial charge is 0.356 e. The van der Waals surface area contributed by atoms with Crippen molar-refractivity contribution in [3.63, 3.8) is 0 Å². The van der Waals surface area contributed by atoms with Gasteiger partial charge in [-0.15, -0.1) is 0 Å². The van der Waals surface area contributed by atoms with Crippen LogP contribution >= 0.6 is 0 Å². The van der Waals surface area contributed by atoms with Crippen LogP contribution in [0.3, 0.4) is 0 Å². The van der Waals surface area contributed by atoms with Crippen molar-refractivity contribution in [1.29, 1.82) is 0 Å². The Labute approximate surface area is 139 Å². The lowest BCUT2D eigenvalue weighted by molar-refractivity contribution is -0.134. The second-order valence-electron chi connectivity index (χ2n) is 6.44. The molecule has 2 amide bonds. The van der Waals surface area contributed by atoms with Gasteiger partial charge >= 0.3 is 0 Å². The molecule has 24 heavy (non-hydrogen) atoms. The zero-order chi connectivity index (χ0) is 17.1. The molecule has 0 aromatic heterocycles. The Morgan fingerprint density at radius 2 is 2.12 bits per heavy atom. The lowest BCUT2D eigenvalue weighted by Crippen LogP contribution is -2.56. The van der Waals surface area contributed by atoms with Gasteiger partial charge in [-0.3, -0.25) is 14.5 Å². The maximum atomic E-state index is 13.9. The number of rotatable bonds is 6. The lowest BCUT2D eigenvalue weighted by Gasteiger charge is -2.34. The Kier molecular flexibility index (Phi) is 5.08. The number of nitrogens with zero attached hydrogens (tertiary/aromatic N) is 1. The van der Waals surface area contributed by atoms with E-state index in [-0.39, 0.29) is 30.3 Å². The molecular weight excluding hydrogens is 316 g/mol. The number of nitrogens with one attached hydrogen (secondary N) is 2. The SMILES string of the molecule is O=C(C[C@@H]1C(=O)NCCN1Cc1cccc(F)c1F)NCC1CC1. The molecule has 1 saturated carbocycles. The zero-order valence-electron chi connectivity index (χ0n) is 13.4. The molecule has 3 rings (SSSR count). The minimum absolute atomic E-state index is 0.0233. The van der Waals surface area contributed by atoms with E-state index in [4.69, 9.17) is 0 Å². The first-order chi connectivity index (χ1) is 11.5. The van der Waals surface area contributed by atoms with Gasteiger partial charge < -0.3 is 10.6 Å². The first-order valence-electron chi connectivity index (χ1n) is 8.26. The smallest absolute Gasteiger partial charge is 0.237 e. The average molecular weight is 337 g/mol. The van der Waals surface area contributed by atoms with E-state index >= 15 is 0 Å². The Balaban J connectivity index is 1.65. The molecule has 1 atom stereocenters. The summed E-state index contributed by atoms with van der Waals surface area (Å²) in [5.41, 5.74) is 0.188. The van der Waals surface area contributed by atoms with Crippen LogP contribution in [0.5, 0.6) is 0 Å². The number of amides is 2. The van der Waals surface area contributed by atoms with E-state index < -0.39 is 17.7 Å². The van der Waals surface area contributed by atoms with Crippen LogP contribution in [0.2, 0.25) is 0 Å². The molecule has 0 radical (unpaired) electrons. The van der Waals surface area contributed by atoms with E-state index in [1.807, 2.05) is 0 Å². The third-order valence-electron chi connectivity index (χ3n) is 4.51. The molecule has 0 unspecified atom stereocenters. The zero-order valence-corrected chi connectivity index (χ0v) is 13.4. The number of hydrogen-bond donors (Lipinski definition) is 2. The first kappa shape index (κ1) is 16.8. The van der Waals surface area contributed by atoms with Gasteiger partial charge in [0.1, 0.15) is 0 Å². The van der Waals surface area contributed by atoms with Crippen molar-refractivity contribution in [3.05, 3.63) is 35.4 Å². The third kappa shape index (κ3) is 4.08. The molecule has 1 aromatic carbocycles. The van der Waals surface area contributed by atoms with Gasteiger partial charge in [-0.1, -0.05) is 12.1 Å². The molecule has 1 aliphatic carbocycles. The molecule has 0 bridgehead atoms. The summed E-state index contributed by atoms with van der Waals surface area (Å²) in [5, 5.41) is 5.57. The summed E-state index contributed by atoms with van der Waals surface area (Å²) in [5.74, 6) is -1.69. The van der Waals surface area contributed by atoms with Crippen LogP contribution in [0.15, 0.2) is 18.2 Å². The predicted molar refractivity (Wildman–Crippen MR) is 83.9 cm³/mol. The quantitative estimate of drug-likeness (QED) is 0.819. The Bertz CT molecular complexity index is 634. The molecule has 2 fully saturated rings. The van der Waals surface area contributed by atoms with Crippen LogP contribution in [0.25, 0.3) is 0 Å². The van der Waals surface area contributed by atoms with E-state index in [2.05, 4.69) is 10.6 Å². The summed E-state index contributed by atoms with van der Waals surface area (Å²) in [6.07, 6.45) is 2.29. The van der Waals surface area contributed by atoms with E-state index in [9.17, 15) is 18.4 Å². The van der Waals surface area contributed by atoms with E-state index in [0.717, 1.165) is 18.9 Å². The topological polar surface area (TPSA) is 61.4 Å². The Hall–Kier alpha value is -2.02. The monoisotopic (exact) mass is 337 g/mol. The number of carbonyl (C=O) groups is 2. The van der Waals surface area contributed by atoms with Gasteiger partial charge in [0.15, 0.2) is 11.6 Å². The minimum atomic E-state index is -0.910. The third-order valence-corrected chi connectivity index (χ3v) is 4.51. The maximum Gasteiger partial charge on any atom is 0.237 e. The maximum absolute atomic E-state index is 13.9. The number of halogens is 2.